The predicted molar refractivity (Wildman–Crippen MR) is 133 cm³/mol. The Hall–Kier alpha value is -1.66. The summed E-state index contributed by atoms with van der Waals surface area (Å²) in [4.78, 5) is 26.7. The molecule has 3 aliphatic rings. The van der Waals surface area contributed by atoms with Crippen LogP contribution >= 0.6 is 0 Å². The average molecular weight is 476 g/mol. The van der Waals surface area contributed by atoms with Gasteiger partial charge in [0.1, 0.15) is 6.10 Å². The molecule has 1 saturated heterocycles. The van der Waals surface area contributed by atoms with E-state index in [0.717, 1.165) is 45.2 Å². The molecule has 0 radical (unpaired) electrons. The molecule has 2 N–H and O–H groups in total. The summed E-state index contributed by atoms with van der Waals surface area (Å²) in [5.41, 5.74) is 1.24. The highest BCUT2D eigenvalue weighted by Gasteiger charge is 2.41. The van der Waals surface area contributed by atoms with Gasteiger partial charge in [0, 0.05) is 19.0 Å². The van der Waals surface area contributed by atoms with Crippen molar-refractivity contribution in [3.63, 3.8) is 0 Å². The van der Waals surface area contributed by atoms with Crippen LogP contribution in [0, 0.1) is 29.6 Å². The largest absolute Gasteiger partial charge is 0.461 e. The van der Waals surface area contributed by atoms with Crippen molar-refractivity contribution in [1.82, 2.24) is 4.90 Å². The number of hydrogen-bond donors (Lipinski definition) is 2. The Morgan fingerprint density at radius 3 is 2.56 bits per heavy atom. The van der Waals surface area contributed by atoms with E-state index >= 15 is 0 Å². The van der Waals surface area contributed by atoms with E-state index in [1.165, 1.54) is 5.57 Å². The van der Waals surface area contributed by atoms with Gasteiger partial charge in [-0.05, 0) is 68.3 Å². The van der Waals surface area contributed by atoms with Crippen LogP contribution in [0.2, 0.25) is 0 Å². The van der Waals surface area contributed by atoms with Crippen LogP contribution in [0.25, 0.3) is 0 Å². The van der Waals surface area contributed by atoms with Crippen molar-refractivity contribution in [2.75, 3.05) is 13.1 Å². The first-order chi connectivity index (χ1) is 16.2. The van der Waals surface area contributed by atoms with E-state index in [1.807, 2.05) is 18.7 Å². The molecule has 0 aromatic rings. The van der Waals surface area contributed by atoms with Crippen molar-refractivity contribution < 1.29 is 24.5 Å². The molecule has 1 heterocycles. The van der Waals surface area contributed by atoms with Crippen LogP contribution in [-0.2, 0) is 14.3 Å². The highest BCUT2D eigenvalue weighted by atomic mass is 16.5. The minimum Gasteiger partial charge on any atom is -0.461 e. The second kappa shape index (κ2) is 12.3. The molecule has 0 bridgehead atoms. The van der Waals surface area contributed by atoms with Gasteiger partial charge in [-0.15, -0.1) is 0 Å². The Kier molecular flexibility index (Phi) is 9.78. The molecule has 8 atom stereocenters. The first-order valence-corrected chi connectivity index (χ1v) is 13.4. The molecule has 1 aliphatic heterocycles. The molecule has 0 aromatic heterocycles. The molecule has 6 heteroatoms. The molecule has 0 saturated carbocycles. The van der Waals surface area contributed by atoms with Crippen molar-refractivity contribution in [1.29, 1.82) is 0 Å². The van der Waals surface area contributed by atoms with Gasteiger partial charge < -0.3 is 19.8 Å². The van der Waals surface area contributed by atoms with E-state index < -0.39 is 12.2 Å². The molecule has 192 valence electrons. The predicted octanol–water partition coefficient (Wildman–Crippen LogP) is 4.25. The van der Waals surface area contributed by atoms with Crippen LogP contribution in [0.1, 0.15) is 79.1 Å². The molecule has 0 unspecified atom stereocenters. The van der Waals surface area contributed by atoms with E-state index in [1.54, 1.807) is 0 Å². The number of fused-ring (bicyclic) bond motifs is 1. The molecule has 0 aromatic carbocycles. The number of carbonyl (C=O) groups excluding carboxylic acids is 2. The Morgan fingerprint density at radius 2 is 1.88 bits per heavy atom. The van der Waals surface area contributed by atoms with Gasteiger partial charge in [-0.1, -0.05) is 45.9 Å². The zero-order valence-corrected chi connectivity index (χ0v) is 21.5. The molecule has 1 amide bonds. The normalized spacial score (nSPS) is 31.4. The monoisotopic (exact) mass is 475 g/mol. The summed E-state index contributed by atoms with van der Waals surface area (Å²) in [6.45, 7) is 9.84. The second-order valence-corrected chi connectivity index (χ2v) is 11.0. The van der Waals surface area contributed by atoms with Gasteiger partial charge in [0.15, 0.2) is 0 Å². The third-order valence-electron chi connectivity index (χ3n) is 8.12. The van der Waals surface area contributed by atoms with Gasteiger partial charge in [-0.3, -0.25) is 9.59 Å². The van der Waals surface area contributed by atoms with Crippen LogP contribution in [0.4, 0.5) is 0 Å². The number of hydrogen-bond acceptors (Lipinski definition) is 5. The van der Waals surface area contributed by atoms with E-state index in [-0.39, 0.29) is 48.6 Å². The SMILES string of the molecule is CC[C@H](C)C(=O)O[C@H]1C[C@@H](C)C=C2C=C[C@H](C)[C@H](CC[C@@H](O)C[C@@H](O)CC(=O)N3CCCC3)[C@H]21. The van der Waals surface area contributed by atoms with Gasteiger partial charge in [-0.2, -0.15) is 0 Å². The van der Waals surface area contributed by atoms with Gasteiger partial charge in [0.2, 0.25) is 5.91 Å². The zero-order valence-electron chi connectivity index (χ0n) is 21.5. The summed E-state index contributed by atoms with van der Waals surface area (Å²) in [6.07, 6.45) is 10.4. The highest BCUT2D eigenvalue weighted by Crippen LogP contribution is 2.45. The lowest BCUT2D eigenvalue weighted by Gasteiger charge is -2.43. The maximum atomic E-state index is 12.6. The summed E-state index contributed by atoms with van der Waals surface area (Å²) in [5, 5.41) is 21.1. The first kappa shape index (κ1) is 26.9. The third kappa shape index (κ3) is 6.94. The van der Waals surface area contributed by atoms with Crippen LogP contribution in [0.5, 0.6) is 0 Å². The summed E-state index contributed by atoms with van der Waals surface area (Å²) >= 11 is 0. The fourth-order valence-corrected chi connectivity index (χ4v) is 5.85. The summed E-state index contributed by atoms with van der Waals surface area (Å²) < 4.78 is 6.07. The molecular weight excluding hydrogens is 430 g/mol. The topological polar surface area (TPSA) is 87.1 Å². The molecule has 34 heavy (non-hydrogen) atoms. The third-order valence-corrected chi connectivity index (χ3v) is 8.12. The van der Waals surface area contributed by atoms with E-state index in [0.29, 0.717) is 18.3 Å². The van der Waals surface area contributed by atoms with Crippen molar-refractivity contribution in [3.8, 4) is 0 Å². The smallest absolute Gasteiger partial charge is 0.308 e. The number of aliphatic hydroxyl groups excluding tert-OH is 2. The zero-order chi connectivity index (χ0) is 24.8. The molecule has 3 rings (SSSR count). The molecule has 2 aliphatic carbocycles. The standard InChI is InChI=1S/C28H45NO5/c1-5-19(3)28(33)34-25-15-18(2)14-21-9-8-20(4)24(27(21)25)11-10-22(30)16-23(31)17-26(32)29-12-6-7-13-29/h8-9,14,18-20,22-25,27,30-31H,5-7,10-13,15-17H2,1-4H3/t18-,19-,20-,22+,23+,24-,25-,27-/m0/s1. The fourth-order valence-electron chi connectivity index (χ4n) is 5.85. The molecular formula is C28H45NO5. The maximum Gasteiger partial charge on any atom is 0.308 e. The number of aliphatic hydroxyl groups is 2. The average Bonchev–Trinajstić information content (AvgIpc) is 3.33. The number of nitrogens with zero attached hydrogens (tertiary/aromatic N) is 1. The van der Waals surface area contributed by atoms with Crippen LogP contribution in [0.15, 0.2) is 23.8 Å². The molecule has 0 spiro atoms. The quantitative estimate of drug-likeness (QED) is 0.461. The number of ether oxygens (including phenoxy) is 1. The number of amides is 1. The van der Waals surface area contributed by atoms with Crippen LogP contribution < -0.4 is 0 Å². The first-order valence-electron chi connectivity index (χ1n) is 13.4. The van der Waals surface area contributed by atoms with Gasteiger partial charge >= 0.3 is 5.97 Å². The maximum absolute atomic E-state index is 12.6. The number of allylic oxidation sites excluding steroid dienone is 3. The van der Waals surface area contributed by atoms with Crippen molar-refractivity contribution in [2.24, 2.45) is 29.6 Å². The minimum atomic E-state index is -0.818. The molecule has 6 nitrogen and oxygen atoms in total. The second-order valence-electron chi connectivity index (χ2n) is 11.0. The fraction of sp³-hybridized carbons (Fsp3) is 0.786. The van der Waals surface area contributed by atoms with E-state index in [4.69, 9.17) is 4.74 Å². The Balaban J connectivity index is 1.59. The van der Waals surface area contributed by atoms with Gasteiger partial charge in [0.25, 0.3) is 0 Å². The van der Waals surface area contributed by atoms with Crippen molar-refractivity contribution >= 4 is 11.9 Å². The summed E-state index contributed by atoms with van der Waals surface area (Å²) in [7, 11) is 0. The highest BCUT2D eigenvalue weighted by molar-refractivity contribution is 5.76. The van der Waals surface area contributed by atoms with Crippen LogP contribution in [-0.4, -0.2) is 58.4 Å². The Labute approximate surface area is 205 Å². The number of esters is 1. The van der Waals surface area contributed by atoms with E-state index in [9.17, 15) is 19.8 Å². The lowest BCUT2D eigenvalue weighted by molar-refractivity contribution is -0.158. The molecule has 1 fully saturated rings. The summed E-state index contributed by atoms with van der Waals surface area (Å²) in [5.74, 6) is 0.830. The van der Waals surface area contributed by atoms with Crippen LogP contribution in [0.3, 0.4) is 0 Å². The minimum absolute atomic E-state index is 0.0136. The summed E-state index contributed by atoms with van der Waals surface area (Å²) in [6, 6.07) is 0. The van der Waals surface area contributed by atoms with Gasteiger partial charge in [-0.25, -0.2) is 0 Å². The van der Waals surface area contributed by atoms with E-state index in [2.05, 4.69) is 32.1 Å². The van der Waals surface area contributed by atoms with Gasteiger partial charge in [0.05, 0.1) is 24.5 Å². The number of likely N-dealkylation sites (tertiary alicyclic amines) is 1. The Bertz CT molecular complexity index is 756. The lowest BCUT2D eigenvalue weighted by Crippen LogP contribution is -2.41. The van der Waals surface area contributed by atoms with Crippen molar-refractivity contribution in [3.05, 3.63) is 23.8 Å². The lowest BCUT2D eigenvalue weighted by atomic mass is 9.65. The number of rotatable bonds is 10. The Morgan fingerprint density at radius 1 is 1.18 bits per heavy atom. The van der Waals surface area contributed by atoms with Crippen molar-refractivity contribution in [2.45, 2.75) is 97.4 Å². The number of carbonyl (C=O) groups is 2.